The number of nitrogens with two attached hydrogens (primary N) is 1. The van der Waals surface area contributed by atoms with Gasteiger partial charge in [-0.15, -0.1) is 0 Å². The van der Waals surface area contributed by atoms with E-state index < -0.39 is 87.1 Å². The van der Waals surface area contributed by atoms with Gasteiger partial charge in [-0.1, -0.05) is 6.07 Å². The van der Waals surface area contributed by atoms with E-state index in [4.69, 9.17) is 10.5 Å². The van der Waals surface area contributed by atoms with E-state index in [0.29, 0.717) is 0 Å². The first-order valence-corrected chi connectivity index (χ1v) is 12.8. The van der Waals surface area contributed by atoms with Crippen LogP contribution in [0.15, 0.2) is 21.7 Å². The van der Waals surface area contributed by atoms with Crippen LogP contribution in [0.2, 0.25) is 0 Å². The molecular weight excluding hydrogens is 524 g/mol. The van der Waals surface area contributed by atoms with Gasteiger partial charge in [-0.05, 0) is 63.9 Å². The first-order chi connectivity index (χ1) is 18.6. The molecule has 0 heterocycles. The van der Waals surface area contributed by atoms with E-state index in [9.17, 15) is 43.8 Å². The van der Waals surface area contributed by atoms with Gasteiger partial charge in [0.15, 0.2) is 40.4 Å². The first-order valence-electron chi connectivity index (χ1n) is 12.8. The molecular formula is C28H28N2O10. The molecule has 2 aromatic rings. The van der Waals surface area contributed by atoms with Crippen LogP contribution in [0.1, 0.15) is 36.2 Å². The minimum Gasteiger partial charge on any atom is -0.507 e. The maximum absolute atomic E-state index is 13.9. The fourth-order valence-electron chi connectivity index (χ4n) is 6.80. The van der Waals surface area contributed by atoms with Crippen molar-refractivity contribution in [2.75, 3.05) is 14.1 Å². The summed E-state index contributed by atoms with van der Waals surface area (Å²) in [7, 11) is 2.99. The lowest BCUT2D eigenvalue weighted by Gasteiger charge is -2.52. The number of Topliss-reactive ketones (excluding diaryl/α,β-unsaturated/α-hetero) is 4. The van der Waals surface area contributed by atoms with Crippen molar-refractivity contribution in [3.8, 4) is 22.6 Å². The Labute approximate surface area is 227 Å². The van der Waals surface area contributed by atoms with Gasteiger partial charge in [0.2, 0.25) is 11.3 Å². The van der Waals surface area contributed by atoms with Gasteiger partial charge in [-0.25, -0.2) is 0 Å². The second-order valence-corrected chi connectivity index (χ2v) is 11.3. The van der Waals surface area contributed by atoms with Crippen LogP contribution >= 0.6 is 0 Å². The average Bonchev–Trinajstić information content (AvgIpc) is 2.86. The molecule has 4 N–H and O–H groups in total. The van der Waals surface area contributed by atoms with Crippen molar-refractivity contribution in [1.29, 1.82) is 0 Å². The molecule has 3 aliphatic rings. The molecule has 1 amide bonds. The standard InChI is InChI=1S/C28H28N2O10/c1-9(2)40-24-17(22(34)23(24)35)11-5-6-14(31)16-12(11)7-10-8-13-19(30(3)4)21(33)18(27(29)38)26(37)28(13,39)25(36)15(10)20(16)32/h5-6,9-10,13,15,18-19,31,39H,7-8H2,1-4H3,(H2,29,38)/t10-,13-,15?,18?,19-,28-/m0/s1. The lowest BCUT2D eigenvalue weighted by molar-refractivity contribution is -0.181. The van der Waals surface area contributed by atoms with Gasteiger partial charge in [0.25, 0.3) is 5.43 Å². The molecule has 0 aliphatic heterocycles. The SMILES string of the molecule is CC(C)Oc1c(-c2ccc(O)c3c2C[C@H]2C[C@H]4[C@H](N(C)C)C(=O)C(C(N)=O)C(=O)[C@@]4(O)C(=O)C2C3=O)c(=O)c1=O. The zero-order valence-electron chi connectivity index (χ0n) is 22.2. The minimum atomic E-state index is -2.83. The van der Waals surface area contributed by atoms with Gasteiger partial charge in [0.1, 0.15) is 5.75 Å². The molecule has 40 heavy (non-hydrogen) atoms. The largest absolute Gasteiger partial charge is 0.507 e. The second-order valence-electron chi connectivity index (χ2n) is 11.3. The molecule has 12 heteroatoms. The number of hydrogen-bond donors (Lipinski definition) is 3. The van der Waals surface area contributed by atoms with Gasteiger partial charge in [-0.3, -0.25) is 38.5 Å². The molecule has 0 saturated heterocycles. The van der Waals surface area contributed by atoms with Crippen LogP contribution in [0, 0.1) is 23.7 Å². The fraction of sp³-hybridized carbons (Fsp3) is 0.464. The van der Waals surface area contributed by atoms with Gasteiger partial charge in [0, 0.05) is 5.92 Å². The minimum absolute atomic E-state index is 0.0432. The lowest BCUT2D eigenvalue weighted by Crippen LogP contribution is -2.74. The number of carbonyl (C=O) groups excluding carboxylic acids is 5. The quantitative estimate of drug-likeness (QED) is 0.301. The second kappa shape index (κ2) is 9.00. The number of ketones is 4. The highest BCUT2D eigenvalue weighted by atomic mass is 16.5. The van der Waals surface area contributed by atoms with Gasteiger partial charge < -0.3 is 20.7 Å². The highest BCUT2D eigenvalue weighted by molar-refractivity contribution is 6.32. The smallest absolute Gasteiger partial charge is 0.268 e. The highest BCUT2D eigenvalue weighted by Crippen LogP contribution is 2.52. The number of benzene rings is 1. The number of hydrogen-bond acceptors (Lipinski definition) is 11. The van der Waals surface area contributed by atoms with E-state index in [2.05, 4.69) is 0 Å². The number of primary amides is 1. The van der Waals surface area contributed by atoms with Crippen LogP contribution < -0.4 is 21.3 Å². The summed E-state index contributed by atoms with van der Waals surface area (Å²) < 4.78 is 5.54. The van der Waals surface area contributed by atoms with Crippen molar-refractivity contribution in [3.63, 3.8) is 0 Å². The molecule has 0 spiro atoms. The van der Waals surface area contributed by atoms with Crippen molar-refractivity contribution in [1.82, 2.24) is 4.90 Å². The number of carbonyl (C=O) groups is 5. The summed E-state index contributed by atoms with van der Waals surface area (Å²) in [5.74, 6) is -11.9. The molecule has 210 valence electrons. The summed E-state index contributed by atoms with van der Waals surface area (Å²) in [5.41, 5.74) is 0.947. The Morgan fingerprint density at radius 1 is 1.05 bits per heavy atom. The molecule has 0 bridgehead atoms. The zero-order chi connectivity index (χ0) is 29.6. The van der Waals surface area contributed by atoms with Crippen molar-refractivity contribution in [2.45, 2.75) is 44.4 Å². The molecule has 3 aliphatic carbocycles. The Hall–Kier alpha value is -4.03. The molecule has 5 rings (SSSR count). The van der Waals surface area contributed by atoms with Crippen LogP contribution in [0.3, 0.4) is 0 Å². The van der Waals surface area contributed by atoms with Crippen LogP contribution in [-0.2, 0) is 25.6 Å². The third kappa shape index (κ3) is 3.48. The third-order valence-corrected chi connectivity index (χ3v) is 8.43. The van der Waals surface area contributed by atoms with Crippen LogP contribution in [0.4, 0.5) is 0 Å². The number of phenolic OH excluding ortho intramolecular Hbond substituents is 1. The molecule has 2 aromatic carbocycles. The topological polar surface area (TPSA) is 198 Å². The Bertz CT molecular complexity index is 1600. The number of rotatable bonds is 5. The number of ether oxygens (including phenoxy) is 1. The van der Waals surface area contributed by atoms with Gasteiger partial charge in [-0.2, -0.15) is 0 Å². The van der Waals surface area contributed by atoms with E-state index in [-0.39, 0.29) is 40.8 Å². The first kappa shape index (κ1) is 27.5. The van der Waals surface area contributed by atoms with Gasteiger partial charge in [0.05, 0.1) is 29.2 Å². The van der Waals surface area contributed by atoms with E-state index in [1.165, 1.54) is 25.1 Å². The Morgan fingerprint density at radius 2 is 1.70 bits per heavy atom. The summed E-state index contributed by atoms with van der Waals surface area (Å²) in [4.78, 5) is 92.5. The molecule has 0 radical (unpaired) electrons. The summed E-state index contributed by atoms with van der Waals surface area (Å²) in [6, 6.07) is 1.31. The maximum atomic E-state index is 13.9. The number of fused-ring (bicyclic) bond motifs is 3. The van der Waals surface area contributed by atoms with E-state index in [1.54, 1.807) is 13.8 Å². The number of aromatic hydroxyl groups is 1. The monoisotopic (exact) mass is 552 g/mol. The summed E-state index contributed by atoms with van der Waals surface area (Å²) in [6.07, 6.45) is -0.612. The molecule has 2 fully saturated rings. The molecule has 2 unspecified atom stereocenters. The number of likely N-dealkylation sites (N-methyl/N-ethyl adjacent to an activating group) is 1. The lowest BCUT2D eigenvalue weighted by atomic mass is 9.52. The van der Waals surface area contributed by atoms with Crippen molar-refractivity contribution >= 4 is 29.0 Å². The Kier molecular flexibility index (Phi) is 6.19. The van der Waals surface area contributed by atoms with Crippen molar-refractivity contribution < 1.29 is 38.9 Å². The number of phenols is 1. The van der Waals surface area contributed by atoms with Gasteiger partial charge >= 0.3 is 0 Å². The number of amides is 1. The summed E-state index contributed by atoms with van der Waals surface area (Å²) in [5, 5.41) is 22.3. The predicted molar refractivity (Wildman–Crippen MR) is 137 cm³/mol. The number of nitrogens with zero attached hydrogens (tertiary/aromatic N) is 1. The molecule has 6 atom stereocenters. The van der Waals surface area contributed by atoms with Crippen molar-refractivity contribution in [2.24, 2.45) is 29.4 Å². The predicted octanol–water partition coefficient (Wildman–Crippen LogP) is -1.08. The highest BCUT2D eigenvalue weighted by Gasteiger charge is 2.69. The molecule has 0 aromatic heterocycles. The average molecular weight is 553 g/mol. The van der Waals surface area contributed by atoms with E-state index >= 15 is 0 Å². The number of aliphatic hydroxyl groups is 1. The van der Waals surface area contributed by atoms with E-state index in [1.807, 2.05) is 0 Å². The van der Waals surface area contributed by atoms with Crippen LogP contribution in [0.25, 0.3) is 11.1 Å². The summed E-state index contributed by atoms with van der Waals surface area (Å²) in [6.45, 7) is 3.35. The maximum Gasteiger partial charge on any atom is 0.268 e. The van der Waals surface area contributed by atoms with Crippen molar-refractivity contribution in [3.05, 3.63) is 43.7 Å². The van der Waals surface area contributed by atoms with Crippen LogP contribution in [-0.4, -0.2) is 76.0 Å². The molecule has 2 saturated carbocycles. The zero-order valence-corrected chi connectivity index (χ0v) is 22.2. The van der Waals surface area contributed by atoms with Crippen LogP contribution in [0.5, 0.6) is 11.5 Å². The Morgan fingerprint density at radius 3 is 2.27 bits per heavy atom. The summed E-state index contributed by atoms with van der Waals surface area (Å²) >= 11 is 0. The Balaban J connectivity index is 1.67. The molecule has 12 nitrogen and oxygen atoms in total. The normalized spacial score (nSPS) is 29.9. The third-order valence-electron chi connectivity index (χ3n) is 8.43. The van der Waals surface area contributed by atoms with E-state index in [0.717, 1.165) is 6.07 Å². The fourth-order valence-corrected chi connectivity index (χ4v) is 6.80.